The molecule has 2 heterocycles. The van der Waals surface area contributed by atoms with Crippen molar-refractivity contribution in [2.45, 2.75) is 19.4 Å². The molecule has 2 rings (SSSR count). The number of hydrogen-bond donors (Lipinski definition) is 2. The summed E-state index contributed by atoms with van der Waals surface area (Å²) >= 11 is 0. The number of nitrogens with one attached hydrogen (secondary N) is 1. The fraction of sp³-hybridized carbons (Fsp3) is 0.769. The highest BCUT2D eigenvalue weighted by Crippen LogP contribution is 2.18. The number of likely N-dealkylation sites (tertiary alicyclic amines) is 1. The van der Waals surface area contributed by atoms with Gasteiger partial charge in [-0.15, -0.1) is 0 Å². The van der Waals surface area contributed by atoms with E-state index in [0.717, 1.165) is 37.9 Å². The first-order valence-electron chi connectivity index (χ1n) is 7.13. The Balaban J connectivity index is 1.94. The number of hydrogen-bond acceptors (Lipinski definition) is 7. The fourth-order valence-corrected chi connectivity index (χ4v) is 2.53. The maximum Gasteiger partial charge on any atom is 0.229 e. The van der Waals surface area contributed by atoms with Gasteiger partial charge in [0.15, 0.2) is 0 Å². The highest BCUT2D eigenvalue weighted by atomic mass is 15.3. The fourth-order valence-electron chi connectivity index (χ4n) is 2.53. The van der Waals surface area contributed by atoms with Crippen LogP contribution in [0.2, 0.25) is 0 Å². The molecule has 1 aromatic rings. The lowest BCUT2D eigenvalue weighted by atomic mass is 9.97. The summed E-state index contributed by atoms with van der Waals surface area (Å²) in [5.74, 6) is 2.46. The second-order valence-electron chi connectivity index (χ2n) is 5.58. The third-order valence-corrected chi connectivity index (χ3v) is 3.65. The van der Waals surface area contributed by atoms with Gasteiger partial charge in [0.1, 0.15) is 5.82 Å². The van der Waals surface area contributed by atoms with Crippen molar-refractivity contribution in [3.63, 3.8) is 0 Å². The summed E-state index contributed by atoms with van der Waals surface area (Å²) in [6.45, 7) is 4.04. The van der Waals surface area contributed by atoms with Gasteiger partial charge in [0.05, 0.1) is 6.54 Å². The minimum atomic E-state index is 0.295. The predicted octanol–water partition coefficient (Wildman–Crippen LogP) is -0.0488. The molecule has 1 saturated heterocycles. The average molecular weight is 279 g/mol. The summed E-state index contributed by atoms with van der Waals surface area (Å²) in [4.78, 5) is 17.0. The molecule has 112 valence electrons. The van der Waals surface area contributed by atoms with Gasteiger partial charge < -0.3 is 16.0 Å². The van der Waals surface area contributed by atoms with E-state index < -0.39 is 0 Å². The van der Waals surface area contributed by atoms with Crippen LogP contribution < -0.4 is 16.0 Å². The predicted molar refractivity (Wildman–Crippen MR) is 80.5 cm³/mol. The van der Waals surface area contributed by atoms with Crippen LogP contribution in [0.15, 0.2) is 0 Å². The summed E-state index contributed by atoms with van der Waals surface area (Å²) in [7, 11) is 5.83. The van der Waals surface area contributed by atoms with Gasteiger partial charge in [-0.25, -0.2) is 0 Å². The first-order chi connectivity index (χ1) is 9.58. The quantitative estimate of drug-likeness (QED) is 0.782. The number of nitrogens with two attached hydrogens (primary N) is 1. The third kappa shape index (κ3) is 4.01. The minimum absolute atomic E-state index is 0.295. The van der Waals surface area contributed by atoms with E-state index in [2.05, 4.69) is 25.2 Å². The van der Waals surface area contributed by atoms with Crippen LogP contribution in [-0.4, -0.2) is 60.6 Å². The van der Waals surface area contributed by atoms with E-state index in [4.69, 9.17) is 5.73 Å². The largest absolute Gasteiger partial charge is 0.368 e. The molecule has 0 unspecified atom stereocenters. The number of aromatic nitrogens is 3. The van der Waals surface area contributed by atoms with Crippen LogP contribution in [0.1, 0.15) is 18.7 Å². The van der Waals surface area contributed by atoms with Gasteiger partial charge in [-0.05, 0) is 45.4 Å². The van der Waals surface area contributed by atoms with Crippen LogP contribution >= 0.6 is 0 Å². The van der Waals surface area contributed by atoms with E-state index in [9.17, 15) is 0 Å². The molecular weight excluding hydrogens is 254 g/mol. The van der Waals surface area contributed by atoms with Gasteiger partial charge in [-0.1, -0.05) is 0 Å². The Labute approximate surface area is 120 Å². The van der Waals surface area contributed by atoms with Gasteiger partial charge in [0, 0.05) is 14.1 Å². The smallest absolute Gasteiger partial charge is 0.229 e. The Morgan fingerprint density at radius 1 is 1.25 bits per heavy atom. The second kappa shape index (κ2) is 6.81. The van der Waals surface area contributed by atoms with E-state index in [1.165, 1.54) is 12.8 Å². The Kier molecular flexibility index (Phi) is 5.08. The first-order valence-corrected chi connectivity index (χ1v) is 7.13. The molecule has 0 aromatic carbocycles. The van der Waals surface area contributed by atoms with E-state index in [0.29, 0.717) is 11.9 Å². The zero-order valence-electron chi connectivity index (χ0n) is 12.6. The molecule has 0 atom stereocenters. The SMILES string of the molecule is CNCC1CCN(Cc2nc(N)nc(N(C)C)n2)CC1. The van der Waals surface area contributed by atoms with Crippen molar-refractivity contribution in [3.8, 4) is 0 Å². The molecule has 1 fully saturated rings. The molecule has 0 saturated carbocycles. The van der Waals surface area contributed by atoms with Gasteiger partial charge in [0.2, 0.25) is 11.9 Å². The molecule has 1 aliphatic rings. The third-order valence-electron chi connectivity index (χ3n) is 3.65. The van der Waals surface area contributed by atoms with Crippen LogP contribution in [-0.2, 0) is 6.54 Å². The summed E-state index contributed by atoms with van der Waals surface area (Å²) in [5.41, 5.74) is 5.75. The lowest BCUT2D eigenvalue weighted by Crippen LogP contribution is -2.36. The number of nitrogen functional groups attached to an aromatic ring is 1. The van der Waals surface area contributed by atoms with Crippen molar-refractivity contribution < 1.29 is 0 Å². The molecule has 0 bridgehead atoms. The van der Waals surface area contributed by atoms with Crippen LogP contribution in [0.25, 0.3) is 0 Å². The minimum Gasteiger partial charge on any atom is -0.368 e. The van der Waals surface area contributed by atoms with Gasteiger partial charge in [-0.3, -0.25) is 4.90 Å². The lowest BCUT2D eigenvalue weighted by Gasteiger charge is -2.31. The average Bonchev–Trinajstić information content (AvgIpc) is 2.40. The molecule has 0 spiro atoms. The van der Waals surface area contributed by atoms with Crippen LogP contribution in [0.4, 0.5) is 11.9 Å². The standard InChI is InChI=1S/C13H25N7/c1-15-8-10-4-6-20(7-5-10)9-11-16-12(14)18-13(17-11)19(2)3/h10,15H,4-9H2,1-3H3,(H2,14,16,17,18). The molecule has 7 heteroatoms. The van der Waals surface area contributed by atoms with Crippen LogP contribution in [0.3, 0.4) is 0 Å². The van der Waals surface area contributed by atoms with Crippen LogP contribution in [0.5, 0.6) is 0 Å². The summed E-state index contributed by atoms with van der Waals surface area (Å²) in [6, 6.07) is 0. The summed E-state index contributed by atoms with van der Waals surface area (Å²) in [5, 5.41) is 3.26. The Morgan fingerprint density at radius 2 is 1.95 bits per heavy atom. The van der Waals surface area contributed by atoms with E-state index in [-0.39, 0.29) is 0 Å². The zero-order valence-corrected chi connectivity index (χ0v) is 12.6. The molecule has 0 radical (unpaired) electrons. The Morgan fingerprint density at radius 3 is 2.55 bits per heavy atom. The van der Waals surface area contributed by atoms with E-state index in [1.807, 2.05) is 26.0 Å². The molecule has 0 amide bonds. The Hall–Kier alpha value is -1.47. The molecule has 20 heavy (non-hydrogen) atoms. The van der Waals surface area contributed by atoms with Crippen molar-refractivity contribution in [1.82, 2.24) is 25.2 Å². The second-order valence-corrected chi connectivity index (χ2v) is 5.58. The van der Waals surface area contributed by atoms with Gasteiger partial charge in [0.25, 0.3) is 0 Å². The molecule has 0 aliphatic carbocycles. The van der Waals surface area contributed by atoms with Gasteiger partial charge >= 0.3 is 0 Å². The van der Waals surface area contributed by atoms with Crippen molar-refractivity contribution in [1.29, 1.82) is 0 Å². The van der Waals surface area contributed by atoms with Crippen molar-refractivity contribution in [2.75, 3.05) is 51.4 Å². The van der Waals surface area contributed by atoms with E-state index in [1.54, 1.807) is 0 Å². The number of piperidine rings is 1. The normalized spacial score (nSPS) is 17.4. The lowest BCUT2D eigenvalue weighted by molar-refractivity contribution is 0.173. The number of nitrogens with zero attached hydrogens (tertiary/aromatic N) is 5. The summed E-state index contributed by atoms with van der Waals surface area (Å²) < 4.78 is 0. The highest BCUT2D eigenvalue weighted by molar-refractivity contribution is 5.32. The molecular formula is C13H25N7. The molecule has 3 N–H and O–H groups in total. The van der Waals surface area contributed by atoms with Crippen LogP contribution in [0, 0.1) is 5.92 Å². The monoisotopic (exact) mass is 279 g/mol. The maximum absolute atomic E-state index is 5.75. The zero-order chi connectivity index (χ0) is 14.5. The number of anilines is 2. The van der Waals surface area contributed by atoms with Crippen molar-refractivity contribution in [2.24, 2.45) is 5.92 Å². The van der Waals surface area contributed by atoms with Crippen molar-refractivity contribution in [3.05, 3.63) is 5.82 Å². The van der Waals surface area contributed by atoms with E-state index >= 15 is 0 Å². The topological polar surface area (TPSA) is 83.2 Å². The van der Waals surface area contributed by atoms with Gasteiger partial charge in [-0.2, -0.15) is 15.0 Å². The summed E-state index contributed by atoms with van der Waals surface area (Å²) in [6.07, 6.45) is 2.45. The first kappa shape index (κ1) is 14.9. The maximum atomic E-state index is 5.75. The molecule has 1 aliphatic heterocycles. The number of rotatable bonds is 5. The van der Waals surface area contributed by atoms with Crippen molar-refractivity contribution >= 4 is 11.9 Å². The molecule has 1 aromatic heterocycles. The highest BCUT2D eigenvalue weighted by Gasteiger charge is 2.19. The molecule has 7 nitrogen and oxygen atoms in total. The Bertz CT molecular complexity index is 427.